The molecule has 142 valence electrons. The van der Waals surface area contributed by atoms with Gasteiger partial charge in [0.2, 0.25) is 0 Å². The smallest absolute Gasteiger partial charge is 0.162 e. The monoisotopic (exact) mass is 360 g/mol. The highest BCUT2D eigenvalue weighted by Gasteiger charge is 2.08. The summed E-state index contributed by atoms with van der Waals surface area (Å²) in [4.78, 5) is 0. The third-order valence-corrected chi connectivity index (χ3v) is 3.87. The molecule has 0 aromatic heterocycles. The van der Waals surface area contributed by atoms with Gasteiger partial charge in [0.25, 0.3) is 0 Å². The SMILES string of the molecule is CCOc1cccc(CNCCNCc2cccc(OCC)c2O)c1O. The van der Waals surface area contributed by atoms with Gasteiger partial charge in [0, 0.05) is 37.3 Å². The summed E-state index contributed by atoms with van der Waals surface area (Å²) in [6, 6.07) is 11.0. The lowest BCUT2D eigenvalue weighted by molar-refractivity contribution is 0.316. The van der Waals surface area contributed by atoms with Crippen LogP contribution in [0.5, 0.6) is 23.0 Å². The Morgan fingerprint density at radius 3 is 1.54 bits per heavy atom. The number of hydrogen-bond acceptors (Lipinski definition) is 6. The number of rotatable bonds is 11. The van der Waals surface area contributed by atoms with Crippen LogP contribution >= 0.6 is 0 Å². The van der Waals surface area contributed by atoms with Crippen molar-refractivity contribution >= 4 is 0 Å². The molecule has 0 amide bonds. The van der Waals surface area contributed by atoms with Crippen LogP contribution in [0.2, 0.25) is 0 Å². The zero-order valence-electron chi connectivity index (χ0n) is 15.4. The van der Waals surface area contributed by atoms with E-state index in [4.69, 9.17) is 9.47 Å². The molecule has 0 bridgehead atoms. The largest absolute Gasteiger partial charge is 0.504 e. The van der Waals surface area contributed by atoms with E-state index in [1.807, 2.05) is 38.1 Å². The summed E-state index contributed by atoms with van der Waals surface area (Å²) in [7, 11) is 0. The molecule has 0 aliphatic heterocycles. The molecule has 0 radical (unpaired) electrons. The fraction of sp³-hybridized carbons (Fsp3) is 0.400. The number of phenols is 2. The third-order valence-electron chi connectivity index (χ3n) is 3.87. The number of hydrogen-bond donors (Lipinski definition) is 4. The normalized spacial score (nSPS) is 10.7. The average Bonchev–Trinajstić information content (AvgIpc) is 2.64. The molecule has 4 N–H and O–H groups in total. The highest BCUT2D eigenvalue weighted by Crippen LogP contribution is 2.30. The molecule has 0 spiro atoms. The lowest BCUT2D eigenvalue weighted by Crippen LogP contribution is -2.26. The van der Waals surface area contributed by atoms with Crippen molar-refractivity contribution in [3.63, 3.8) is 0 Å². The van der Waals surface area contributed by atoms with E-state index >= 15 is 0 Å². The lowest BCUT2D eigenvalue weighted by atomic mass is 10.2. The first kappa shape index (κ1) is 19.9. The topological polar surface area (TPSA) is 83.0 Å². The van der Waals surface area contributed by atoms with Crippen molar-refractivity contribution < 1.29 is 19.7 Å². The number of para-hydroxylation sites is 2. The second-order valence-electron chi connectivity index (χ2n) is 5.75. The Morgan fingerprint density at radius 1 is 0.731 bits per heavy atom. The van der Waals surface area contributed by atoms with E-state index in [2.05, 4.69) is 10.6 Å². The minimum atomic E-state index is 0.187. The van der Waals surface area contributed by atoms with E-state index in [9.17, 15) is 10.2 Å². The first-order valence-corrected chi connectivity index (χ1v) is 8.96. The van der Waals surface area contributed by atoms with Crippen LogP contribution in [0.15, 0.2) is 36.4 Å². The number of phenolic OH excluding ortho intramolecular Hbond substituents is 2. The predicted octanol–water partition coefficient (Wildman–Crippen LogP) is 2.77. The van der Waals surface area contributed by atoms with Gasteiger partial charge in [-0.15, -0.1) is 0 Å². The van der Waals surface area contributed by atoms with Gasteiger partial charge in [-0.25, -0.2) is 0 Å². The average molecular weight is 360 g/mol. The van der Waals surface area contributed by atoms with E-state index in [1.54, 1.807) is 12.1 Å². The van der Waals surface area contributed by atoms with Crippen LogP contribution < -0.4 is 20.1 Å². The molecule has 0 aliphatic carbocycles. The van der Waals surface area contributed by atoms with Gasteiger partial charge in [-0.2, -0.15) is 0 Å². The van der Waals surface area contributed by atoms with Crippen molar-refractivity contribution in [3.05, 3.63) is 47.5 Å². The molecule has 2 aromatic rings. The maximum atomic E-state index is 10.2. The molecule has 0 aliphatic rings. The number of nitrogens with one attached hydrogen (secondary N) is 2. The van der Waals surface area contributed by atoms with Gasteiger partial charge in [0.05, 0.1) is 13.2 Å². The van der Waals surface area contributed by atoms with Crippen LogP contribution in [0.3, 0.4) is 0 Å². The number of aromatic hydroxyl groups is 2. The zero-order chi connectivity index (χ0) is 18.8. The number of benzene rings is 2. The van der Waals surface area contributed by atoms with Gasteiger partial charge < -0.3 is 30.3 Å². The van der Waals surface area contributed by atoms with E-state index < -0.39 is 0 Å². The molecule has 0 atom stereocenters. The first-order chi connectivity index (χ1) is 12.7. The van der Waals surface area contributed by atoms with Crippen molar-refractivity contribution in [2.75, 3.05) is 26.3 Å². The molecule has 26 heavy (non-hydrogen) atoms. The van der Waals surface area contributed by atoms with Crippen molar-refractivity contribution in [3.8, 4) is 23.0 Å². The second-order valence-corrected chi connectivity index (χ2v) is 5.75. The lowest BCUT2D eigenvalue weighted by Gasteiger charge is -2.12. The molecule has 0 saturated heterocycles. The van der Waals surface area contributed by atoms with E-state index in [1.165, 1.54) is 0 Å². The fourth-order valence-corrected chi connectivity index (χ4v) is 2.59. The zero-order valence-corrected chi connectivity index (χ0v) is 15.4. The Morgan fingerprint density at radius 2 is 1.15 bits per heavy atom. The Bertz CT molecular complexity index is 632. The summed E-state index contributed by atoms with van der Waals surface area (Å²) in [5, 5.41) is 26.9. The van der Waals surface area contributed by atoms with Crippen molar-refractivity contribution in [2.45, 2.75) is 26.9 Å². The quantitative estimate of drug-likeness (QED) is 0.461. The second kappa shape index (κ2) is 10.5. The van der Waals surface area contributed by atoms with Crippen molar-refractivity contribution in [2.24, 2.45) is 0 Å². The third kappa shape index (κ3) is 5.54. The predicted molar refractivity (Wildman–Crippen MR) is 102 cm³/mol. The van der Waals surface area contributed by atoms with Crippen LogP contribution in [0, 0.1) is 0 Å². The maximum absolute atomic E-state index is 10.2. The van der Waals surface area contributed by atoms with E-state index in [-0.39, 0.29) is 11.5 Å². The summed E-state index contributed by atoms with van der Waals surface area (Å²) in [5.74, 6) is 1.39. The summed E-state index contributed by atoms with van der Waals surface area (Å²) < 4.78 is 10.8. The molecule has 2 rings (SSSR count). The maximum Gasteiger partial charge on any atom is 0.162 e. The summed E-state index contributed by atoms with van der Waals surface area (Å²) in [5.41, 5.74) is 1.61. The van der Waals surface area contributed by atoms with Crippen LogP contribution in [-0.4, -0.2) is 36.5 Å². The Labute approximate surface area is 154 Å². The molecular formula is C20H28N2O4. The van der Waals surface area contributed by atoms with E-state index in [0.717, 1.165) is 24.2 Å². The van der Waals surface area contributed by atoms with Crippen molar-refractivity contribution in [1.29, 1.82) is 0 Å². The molecule has 2 aromatic carbocycles. The van der Waals surface area contributed by atoms with Crippen molar-refractivity contribution in [1.82, 2.24) is 10.6 Å². The Balaban J connectivity index is 1.73. The molecule has 0 saturated carbocycles. The molecule has 0 unspecified atom stereocenters. The molecule has 6 heteroatoms. The van der Waals surface area contributed by atoms with Gasteiger partial charge in [-0.3, -0.25) is 0 Å². The highest BCUT2D eigenvalue weighted by atomic mass is 16.5. The van der Waals surface area contributed by atoms with Gasteiger partial charge in [-0.05, 0) is 26.0 Å². The van der Waals surface area contributed by atoms with Gasteiger partial charge in [0.1, 0.15) is 0 Å². The Hall–Kier alpha value is -2.44. The highest BCUT2D eigenvalue weighted by molar-refractivity contribution is 5.46. The van der Waals surface area contributed by atoms with Gasteiger partial charge >= 0.3 is 0 Å². The minimum absolute atomic E-state index is 0.187. The van der Waals surface area contributed by atoms with Crippen LogP contribution in [0.4, 0.5) is 0 Å². The van der Waals surface area contributed by atoms with Crippen LogP contribution in [-0.2, 0) is 13.1 Å². The summed E-state index contributed by atoms with van der Waals surface area (Å²) in [6.45, 7) is 7.38. The minimum Gasteiger partial charge on any atom is -0.504 e. The summed E-state index contributed by atoms with van der Waals surface area (Å²) >= 11 is 0. The first-order valence-electron chi connectivity index (χ1n) is 8.96. The molecule has 0 fully saturated rings. The van der Waals surface area contributed by atoms with Crippen LogP contribution in [0.1, 0.15) is 25.0 Å². The standard InChI is InChI=1S/C20H28N2O4/c1-3-25-17-9-5-7-15(19(17)23)13-21-11-12-22-14-16-8-6-10-18(20(16)24)26-4-2/h5-10,21-24H,3-4,11-14H2,1-2H3. The van der Waals surface area contributed by atoms with E-state index in [0.29, 0.717) is 37.8 Å². The van der Waals surface area contributed by atoms with Gasteiger partial charge in [-0.1, -0.05) is 24.3 Å². The van der Waals surface area contributed by atoms with Gasteiger partial charge in [0.15, 0.2) is 23.0 Å². The molecule has 0 heterocycles. The summed E-state index contributed by atoms with van der Waals surface area (Å²) in [6.07, 6.45) is 0. The fourth-order valence-electron chi connectivity index (χ4n) is 2.59. The Kier molecular flexibility index (Phi) is 8.05. The molecule has 6 nitrogen and oxygen atoms in total. The number of ether oxygens (including phenoxy) is 2. The molecular weight excluding hydrogens is 332 g/mol. The van der Waals surface area contributed by atoms with Crippen LogP contribution in [0.25, 0.3) is 0 Å².